The van der Waals surface area contributed by atoms with E-state index in [2.05, 4.69) is 10.3 Å². The summed E-state index contributed by atoms with van der Waals surface area (Å²) in [5.74, 6) is 0.335. The van der Waals surface area contributed by atoms with Gasteiger partial charge < -0.3 is 15.0 Å². The topological polar surface area (TPSA) is 111 Å². The van der Waals surface area contributed by atoms with Crippen LogP contribution in [0.15, 0.2) is 34.0 Å². The number of carbonyl (C=O) groups excluding carboxylic acids is 1. The second kappa shape index (κ2) is 8.57. The summed E-state index contributed by atoms with van der Waals surface area (Å²) in [6.45, 7) is 9.80. The zero-order valence-corrected chi connectivity index (χ0v) is 20.1. The number of benzene rings is 1. The highest BCUT2D eigenvalue weighted by Gasteiger charge is 2.29. The largest absolute Gasteiger partial charge is 0.444 e. The lowest BCUT2D eigenvalue weighted by molar-refractivity contribution is 0.0220. The fourth-order valence-corrected chi connectivity index (χ4v) is 4.04. The maximum absolute atomic E-state index is 13.4. The molecule has 0 saturated heterocycles. The first kappa shape index (κ1) is 23.8. The van der Waals surface area contributed by atoms with E-state index in [0.29, 0.717) is 35.9 Å². The molecule has 0 spiro atoms. The minimum atomic E-state index is -3.35. The first-order chi connectivity index (χ1) is 14.8. The van der Waals surface area contributed by atoms with E-state index in [9.17, 15) is 18.0 Å². The molecule has 0 fully saturated rings. The molecule has 1 N–H and O–H groups in total. The van der Waals surface area contributed by atoms with Crippen molar-refractivity contribution in [1.29, 1.82) is 0 Å². The van der Waals surface area contributed by atoms with Gasteiger partial charge in [-0.05, 0) is 65.3 Å². The molecule has 3 rings (SSSR count). The molecule has 0 unspecified atom stereocenters. The second-order valence-corrected chi connectivity index (χ2v) is 11.2. The second-order valence-electron chi connectivity index (χ2n) is 9.22. The third kappa shape index (κ3) is 5.29. The highest BCUT2D eigenvalue weighted by atomic mass is 32.2. The van der Waals surface area contributed by atoms with Gasteiger partial charge in [0.25, 0.3) is 5.56 Å². The predicted octanol–water partition coefficient (Wildman–Crippen LogP) is 2.75. The number of rotatable bonds is 4. The van der Waals surface area contributed by atoms with Crippen LogP contribution in [0.3, 0.4) is 0 Å². The third-order valence-electron chi connectivity index (χ3n) is 4.83. The molecule has 32 heavy (non-hydrogen) atoms. The predicted molar refractivity (Wildman–Crippen MR) is 122 cm³/mol. The molecule has 1 aromatic heterocycles. The Hall–Kier alpha value is -2.88. The number of anilines is 1. The number of nitrogens with zero attached hydrogens (tertiary/aromatic N) is 3. The summed E-state index contributed by atoms with van der Waals surface area (Å²) in [6, 6.07) is 6.12. The van der Waals surface area contributed by atoms with Crippen LogP contribution in [0.4, 0.5) is 10.7 Å². The molecule has 0 radical (unpaired) electrons. The summed E-state index contributed by atoms with van der Waals surface area (Å²) in [5.41, 5.74) is 0.714. The van der Waals surface area contributed by atoms with Crippen molar-refractivity contribution in [2.45, 2.75) is 64.1 Å². The molecule has 9 nitrogen and oxygen atoms in total. The zero-order valence-electron chi connectivity index (χ0n) is 19.3. The molecule has 0 atom stereocenters. The standard InChI is InChI=1S/C22H30N4O5S/c1-14(2)23-20-24-18-13-25(21(28)31-22(3,4)5)12-11-17(18)19(27)26(20)15-7-9-16(10-8-15)32(6,29)30/h7-10,14H,11-13H2,1-6H3,(H,23,24). The number of hydrogen-bond donors (Lipinski definition) is 1. The van der Waals surface area contributed by atoms with Gasteiger partial charge in [-0.15, -0.1) is 0 Å². The Morgan fingerprint density at radius 1 is 1.19 bits per heavy atom. The summed E-state index contributed by atoms with van der Waals surface area (Å²) < 4.78 is 30.5. The molecule has 2 heterocycles. The van der Waals surface area contributed by atoms with E-state index in [4.69, 9.17) is 4.74 Å². The van der Waals surface area contributed by atoms with Crippen molar-refractivity contribution < 1.29 is 17.9 Å². The number of carbonyl (C=O) groups is 1. The van der Waals surface area contributed by atoms with Crippen molar-refractivity contribution in [2.75, 3.05) is 18.1 Å². The molecule has 10 heteroatoms. The maximum atomic E-state index is 13.4. The van der Waals surface area contributed by atoms with Crippen molar-refractivity contribution >= 4 is 21.9 Å². The van der Waals surface area contributed by atoms with Gasteiger partial charge in [0.1, 0.15) is 5.60 Å². The van der Waals surface area contributed by atoms with E-state index in [0.717, 1.165) is 6.26 Å². The maximum Gasteiger partial charge on any atom is 0.410 e. The van der Waals surface area contributed by atoms with Gasteiger partial charge >= 0.3 is 6.09 Å². The molecule has 1 amide bonds. The number of hydrogen-bond acceptors (Lipinski definition) is 7. The Morgan fingerprint density at radius 2 is 1.81 bits per heavy atom. The Bertz CT molecular complexity index is 1180. The highest BCUT2D eigenvalue weighted by Crippen LogP contribution is 2.22. The molecular formula is C22H30N4O5S. The number of amides is 1. The summed E-state index contributed by atoms with van der Waals surface area (Å²) in [7, 11) is -3.35. The van der Waals surface area contributed by atoms with Crippen molar-refractivity contribution in [1.82, 2.24) is 14.5 Å². The first-order valence-electron chi connectivity index (χ1n) is 10.5. The van der Waals surface area contributed by atoms with Crippen molar-refractivity contribution in [3.63, 3.8) is 0 Å². The third-order valence-corrected chi connectivity index (χ3v) is 5.96. The Kier molecular flexibility index (Phi) is 6.37. The summed E-state index contributed by atoms with van der Waals surface area (Å²) in [4.78, 5) is 32.3. The lowest BCUT2D eigenvalue weighted by Gasteiger charge is -2.31. The smallest absolute Gasteiger partial charge is 0.410 e. The summed E-state index contributed by atoms with van der Waals surface area (Å²) in [6.07, 6.45) is 1.05. The number of nitrogens with one attached hydrogen (secondary N) is 1. The van der Waals surface area contributed by atoms with Crippen LogP contribution in [0.2, 0.25) is 0 Å². The van der Waals surface area contributed by atoms with E-state index in [-0.39, 0.29) is 23.0 Å². The van der Waals surface area contributed by atoms with Crippen molar-refractivity contribution in [2.24, 2.45) is 0 Å². The van der Waals surface area contributed by atoms with Crippen LogP contribution in [0.5, 0.6) is 0 Å². The zero-order chi connectivity index (χ0) is 23.8. The molecule has 1 aliphatic heterocycles. The van der Waals surface area contributed by atoms with E-state index in [1.807, 2.05) is 13.8 Å². The number of sulfone groups is 1. The molecule has 174 valence electrons. The van der Waals surface area contributed by atoms with Crippen LogP contribution >= 0.6 is 0 Å². The van der Waals surface area contributed by atoms with E-state index in [1.54, 1.807) is 37.8 Å². The summed E-state index contributed by atoms with van der Waals surface area (Å²) >= 11 is 0. The van der Waals surface area contributed by atoms with Crippen LogP contribution in [0, 0.1) is 0 Å². The minimum Gasteiger partial charge on any atom is -0.444 e. The monoisotopic (exact) mass is 462 g/mol. The SMILES string of the molecule is CC(C)Nc1nc2c(c(=O)n1-c1ccc(S(C)(=O)=O)cc1)CCN(C(=O)OC(C)(C)C)C2. The van der Waals surface area contributed by atoms with Crippen LogP contribution in [-0.2, 0) is 27.5 Å². The molecule has 1 aliphatic rings. The van der Waals surface area contributed by atoms with E-state index < -0.39 is 21.5 Å². The average Bonchev–Trinajstić information content (AvgIpc) is 2.65. The quantitative estimate of drug-likeness (QED) is 0.744. The normalized spacial score (nSPS) is 14.3. The van der Waals surface area contributed by atoms with E-state index >= 15 is 0 Å². The Morgan fingerprint density at radius 3 is 2.34 bits per heavy atom. The Balaban J connectivity index is 2.04. The Labute approximate surface area is 188 Å². The molecule has 0 aliphatic carbocycles. The average molecular weight is 463 g/mol. The van der Waals surface area contributed by atoms with Crippen molar-refractivity contribution in [3.05, 3.63) is 45.9 Å². The minimum absolute atomic E-state index is 0.00737. The lowest BCUT2D eigenvalue weighted by Crippen LogP contribution is -2.43. The van der Waals surface area contributed by atoms with Gasteiger partial charge in [0, 0.05) is 24.4 Å². The molecule has 0 bridgehead atoms. The highest BCUT2D eigenvalue weighted by molar-refractivity contribution is 7.90. The van der Waals surface area contributed by atoms with Crippen LogP contribution in [0.1, 0.15) is 45.9 Å². The fraction of sp³-hybridized carbons (Fsp3) is 0.500. The lowest BCUT2D eigenvalue weighted by atomic mass is 10.1. The van der Waals surface area contributed by atoms with Crippen molar-refractivity contribution in [3.8, 4) is 5.69 Å². The number of aromatic nitrogens is 2. The van der Waals surface area contributed by atoms with Gasteiger partial charge in [0.05, 0.1) is 22.8 Å². The number of ether oxygens (including phenoxy) is 1. The molecule has 2 aromatic rings. The fourth-order valence-electron chi connectivity index (χ4n) is 3.41. The van der Waals surface area contributed by atoms with Crippen LogP contribution in [-0.4, -0.2) is 53.4 Å². The van der Waals surface area contributed by atoms with Gasteiger partial charge in [0.15, 0.2) is 9.84 Å². The molecule has 0 saturated carbocycles. The van der Waals surface area contributed by atoms with Gasteiger partial charge in [-0.3, -0.25) is 4.79 Å². The first-order valence-corrected chi connectivity index (χ1v) is 12.3. The van der Waals surface area contributed by atoms with Gasteiger partial charge in [-0.2, -0.15) is 0 Å². The van der Waals surface area contributed by atoms with Gasteiger partial charge in [-0.25, -0.2) is 22.8 Å². The molecular weight excluding hydrogens is 432 g/mol. The van der Waals surface area contributed by atoms with Crippen LogP contribution in [0.25, 0.3) is 5.69 Å². The number of fused-ring (bicyclic) bond motifs is 1. The van der Waals surface area contributed by atoms with Gasteiger partial charge in [-0.1, -0.05) is 0 Å². The molecule has 1 aromatic carbocycles. The van der Waals surface area contributed by atoms with Crippen LogP contribution < -0.4 is 10.9 Å². The van der Waals surface area contributed by atoms with E-state index in [1.165, 1.54) is 16.7 Å². The summed E-state index contributed by atoms with van der Waals surface area (Å²) in [5, 5.41) is 3.19. The van der Waals surface area contributed by atoms with Gasteiger partial charge in [0.2, 0.25) is 5.95 Å².